The van der Waals surface area contributed by atoms with E-state index in [2.05, 4.69) is 10.3 Å². The van der Waals surface area contributed by atoms with E-state index in [0.717, 1.165) is 50.4 Å². The van der Waals surface area contributed by atoms with Crippen LogP contribution in [0.4, 0.5) is 0 Å². The Morgan fingerprint density at radius 3 is 3.25 bits per heavy atom. The third-order valence-corrected chi connectivity index (χ3v) is 2.89. The minimum absolute atomic E-state index is 0.323. The van der Waals surface area contributed by atoms with Crippen molar-refractivity contribution in [3.63, 3.8) is 0 Å². The van der Waals surface area contributed by atoms with Gasteiger partial charge < -0.3 is 14.5 Å². The zero-order valence-corrected chi connectivity index (χ0v) is 9.87. The van der Waals surface area contributed by atoms with Gasteiger partial charge in [0, 0.05) is 6.61 Å². The highest BCUT2D eigenvalue weighted by atomic mass is 16.5. The highest BCUT2D eigenvalue weighted by molar-refractivity contribution is 4.98. The standard InChI is InChI=1S/C12H20N2O2/c1-13-6-2-4-10-9-16-12(14-10)8-11-5-3-7-15-11/h9,11,13H,2-8H2,1H3. The lowest BCUT2D eigenvalue weighted by Gasteiger charge is -2.04. The summed E-state index contributed by atoms with van der Waals surface area (Å²) < 4.78 is 11.0. The number of ether oxygens (including phenoxy) is 1. The molecule has 2 heterocycles. The van der Waals surface area contributed by atoms with Crippen LogP contribution in [0.25, 0.3) is 0 Å². The van der Waals surface area contributed by atoms with Crippen molar-refractivity contribution in [2.24, 2.45) is 0 Å². The van der Waals surface area contributed by atoms with E-state index in [-0.39, 0.29) is 0 Å². The van der Waals surface area contributed by atoms with E-state index in [1.807, 2.05) is 7.05 Å². The van der Waals surface area contributed by atoms with Crippen LogP contribution in [0.5, 0.6) is 0 Å². The molecule has 2 rings (SSSR count). The van der Waals surface area contributed by atoms with Gasteiger partial charge in [-0.1, -0.05) is 0 Å². The Bertz CT molecular complexity index is 306. The summed E-state index contributed by atoms with van der Waals surface area (Å²) in [6.07, 6.45) is 7.31. The van der Waals surface area contributed by atoms with Gasteiger partial charge in [-0.25, -0.2) is 4.98 Å². The highest BCUT2D eigenvalue weighted by Gasteiger charge is 2.18. The Morgan fingerprint density at radius 1 is 1.56 bits per heavy atom. The number of hydrogen-bond donors (Lipinski definition) is 1. The van der Waals surface area contributed by atoms with Crippen LogP contribution in [0.2, 0.25) is 0 Å². The Labute approximate surface area is 96.4 Å². The van der Waals surface area contributed by atoms with Crippen LogP contribution in [0.15, 0.2) is 10.7 Å². The predicted molar refractivity (Wildman–Crippen MR) is 61.4 cm³/mol. The summed E-state index contributed by atoms with van der Waals surface area (Å²) in [5.74, 6) is 0.825. The number of nitrogens with one attached hydrogen (secondary N) is 1. The molecular formula is C12H20N2O2. The normalized spacial score (nSPS) is 20.4. The SMILES string of the molecule is CNCCCc1coc(CC2CCCO2)n1. The van der Waals surface area contributed by atoms with Gasteiger partial charge in [0.15, 0.2) is 5.89 Å². The fraction of sp³-hybridized carbons (Fsp3) is 0.750. The summed E-state index contributed by atoms with van der Waals surface area (Å²) in [4.78, 5) is 4.47. The van der Waals surface area contributed by atoms with Crippen molar-refractivity contribution >= 4 is 0 Å². The second-order valence-electron chi connectivity index (χ2n) is 4.28. The first-order valence-corrected chi connectivity index (χ1v) is 6.08. The molecule has 1 aromatic heterocycles. The first kappa shape index (κ1) is 11.6. The van der Waals surface area contributed by atoms with E-state index in [4.69, 9.17) is 9.15 Å². The van der Waals surface area contributed by atoms with Gasteiger partial charge >= 0.3 is 0 Å². The lowest BCUT2D eigenvalue weighted by atomic mass is 10.2. The molecule has 0 radical (unpaired) electrons. The van der Waals surface area contributed by atoms with Crippen LogP contribution in [0, 0.1) is 0 Å². The number of rotatable bonds is 6. The summed E-state index contributed by atoms with van der Waals surface area (Å²) in [7, 11) is 1.96. The third kappa shape index (κ3) is 3.32. The third-order valence-electron chi connectivity index (χ3n) is 2.89. The number of nitrogens with zero attached hydrogens (tertiary/aromatic N) is 1. The fourth-order valence-electron chi connectivity index (χ4n) is 2.00. The van der Waals surface area contributed by atoms with Crippen LogP contribution in [0.3, 0.4) is 0 Å². The molecule has 90 valence electrons. The molecule has 1 atom stereocenters. The highest BCUT2D eigenvalue weighted by Crippen LogP contribution is 2.17. The molecule has 1 aliphatic rings. The lowest BCUT2D eigenvalue weighted by Crippen LogP contribution is -2.09. The van der Waals surface area contributed by atoms with Crippen LogP contribution in [-0.4, -0.2) is 31.3 Å². The minimum atomic E-state index is 0.323. The molecule has 0 spiro atoms. The Morgan fingerprint density at radius 2 is 2.50 bits per heavy atom. The molecule has 1 aliphatic heterocycles. The maximum atomic E-state index is 5.55. The first-order valence-electron chi connectivity index (χ1n) is 6.08. The Hall–Kier alpha value is -0.870. The summed E-state index contributed by atoms with van der Waals surface area (Å²) in [6, 6.07) is 0. The number of aryl methyl sites for hydroxylation is 1. The van der Waals surface area contributed by atoms with Gasteiger partial charge in [0.1, 0.15) is 6.26 Å². The molecule has 4 nitrogen and oxygen atoms in total. The molecule has 1 saturated heterocycles. The fourth-order valence-corrected chi connectivity index (χ4v) is 2.00. The van der Waals surface area contributed by atoms with Crippen molar-refractivity contribution in [1.82, 2.24) is 10.3 Å². The molecule has 1 unspecified atom stereocenters. The van der Waals surface area contributed by atoms with Gasteiger partial charge in [0.05, 0.1) is 18.2 Å². The summed E-state index contributed by atoms with van der Waals surface area (Å²) >= 11 is 0. The van der Waals surface area contributed by atoms with Gasteiger partial charge in [0.2, 0.25) is 0 Å². The van der Waals surface area contributed by atoms with Gasteiger partial charge in [-0.15, -0.1) is 0 Å². The molecule has 0 bridgehead atoms. The van der Waals surface area contributed by atoms with E-state index in [1.165, 1.54) is 6.42 Å². The van der Waals surface area contributed by atoms with E-state index in [1.54, 1.807) is 6.26 Å². The van der Waals surface area contributed by atoms with Gasteiger partial charge in [-0.3, -0.25) is 0 Å². The second kappa shape index (κ2) is 6.01. The first-order chi connectivity index (χ1) is 7.88. The van der Waals surface area contributed by atoms with Crippen molar-refractivity contribution in [1.29, 1.82) is 0 Å². The average molecular weight is 224 g/mol. The predicted octanol–water partition coefficient (Wildman–Crippen LogP) is 1.55. The molecule has 0 aromatic carbocycles. The van der Waals surface area contributed by atoms with E-state index in [9.17, 15) is 0 Å². The zero-order valence-electron chi connectivity index (χ0n) is 9.87. The Kier molecular flexibility index (Phi) is 4.36. The molecule has 0 aliphatic carbocycles. The van der Waals surface area contributed by atoms with E-state index in [0.29, 0.717) is 6.10 Å². The van der Waals surface area contributed by atoms with E-state index < -0.39 is 0 Å². The van der Waals surface area contributed by atoms with Crippen molar-refractivity contribution in [3.8, 4) is 0 Å². The largest absolute Gasteiger partial charge is 0.449 e. The molecule has 16 heavy (non-hydrogen) atoms. The summed E-state index contributed by atoms with van der Waals surface area (Å²) in [5, 5.41) is 3.13. The summed E-state index contributed by atoms with van der Waals surface area (Å²) in [5.41, 5.74) is 1.06. The van der Waals surface area contributed by atoms with Crippen LogP contribution in [0.1, 0.15) is 30.8 Å². The quantitative estimate of drug-likeness (QED) is 0.745. The second-order valence-corrected chi connectivity index (χ2v) is 4.28. The minimum Gasteiger partial charge on any atom is -0.449 e. The molecule has 0 saturated carbocycles. The van der Waals surface area contributed by atoms with Crippen molar-refractivity contribution in [3.05, 3.63) is 17.8 Å². The number of hydrogen-bond acceptors (Lipinski definition) is 4. The van der Waals surface area contributed by atoms with Gasteiger partial charge in [-0.05, 0) is 39.3 Å². The molecule has 1 aromatic rings. The average Bonchev–Trinajstić information content (AvgIpc) is 2.91. The van der Waals surface area contributed by atoms with Crippen molar-refractivity contribution in [2.75, 3.05) is 20.2 Å². The number of oxazole rings is 1. The number of aromatic nitrogens is 1. The molecule has 4 heteroatoms. The molecule has 1 N–H and O–H groups in total. The monoisotopic (exact) mass is 224 g/mol. The van der Waals surface area contributed by atoms with Crippen LogP contribution in [-0.2, 0) is 17.6 Å². The van der Waals surface area contributed by atoms with Crippen LogP contribution >= 0.6 is 0 Å². The van der Waals surface area contributed by atoms with Crippen molar-refractivity contribution < 1.29 is 9.15 Å². The van der Waals surface area contributed by atoms with Crippen LogP contribution < -0.4 is 5.32 Å². The van der Waals surface area contributed by atoms with Gasteiger partial charge in [0.25, 0.3) is 0 Å². The maximum absolute atomic E-state index is 5.55. The Balaban J connectivity index is 1.77. The van der Waals surface area contributed by atoms with Gasteiger partial charge in [-0.2, -0.15) is 0 Å². The zero-order chi connectivity index (χ0) is 11.2. The molecule has 1 fully saturated rings. The van der Waals surface area contributed by atoms with Crippen molar-refractivity contribution in [2.45, 2.75) is 38.2 Å². The topological polar surface area (TPSA) is 47.3 Å². The summed E-state index contributed by atoms with van der Waals surface area (Å²) in [6.45, 7) is 1.91. The molecular weight excluding hydrogens is 204 g/mol. The maximum Gasteiger partial charge on any atom is 0.196 e. The molecule has 0 amide bonds. The smallest absolute Gasteiger partial charge is 0.196 e. The lowest BCUT2D eigenvalue weighted by molar-refractivity contribution is 0.106. The van der Waals surface area contributed by atoms with E-state index >= 15 is 0 Å².